The van der Waals surface area contributed by atoms with E-state index in [4.69, 9.17) is 4.74 Å². The van der Waals surface area contributed by atoms with E-state index in [0.717, 1.165) is 22.3 Å². The summed E-state index contributed by atoms with van der Waals surface area (Å²) in [6.07, 6.45) is -0.673. The van der Waals surface area contributed by atoms with Crippen LogP contribution in [0.4, 0.5) is 10.6 Å². The van der Waals surface area contributed by atoms with E-state index >= 15 is 0 Å². The fourth-order valence-corrected chi connectivity index (χ4v) is 4.02. The first-order chi connectivity index (χ1) is 16.8. The Labute approximate surface area is 201 Å². The highest BCUT2D eigenvalue weighted by Crippen LogP contribution is 2.44. The molecule has 0 fully saturated rings. The number of ether oxygens (including phenoxy) is 1. The second-order valence-corrected chi connectivity index (χ2v) is 8.37. The summed E-state index contributed by atoms with van der Waals surface area (Å²) in [4.78, 5) is 38.3. The lowest BCUT2D eigenvalue weighted by Crippen LogP contribution is -2.42. The molecule has 4 rings (SSSR count). The van der Waals surface area contributed by atoms with Gasteiger partial charge >= 0.3 is 12.1 Å². The highest BCUT2D eigenvalue weighted by molar-refractivity contribution is 6.01. The summed E-state index contributed by atoms with van der Waals surface area (Å²) in [6.45, 7) is 0.511. The number of hydrogen-bond donors (Lipinski definition) is 3. The molecule has 3 N–H and O–H groups in total. The van der Waals surface area contributed by atoms with Crippen LogP contribution in [-0.2, 0) is 9.53 Å². The van der Waals surface area contributed by atoms with Crippen molar-refractivity contribution in [1.29, 1.82) is 0 Å². The van der Waals surface area contributed by atoms with Crippen LogP contribution in [0.2, 0.25) is 0 Å². The summed E-state index contributed by atoms with van der Waals surface area (Å²) in [5.41, 5.74) is 3.96. The maximum absolute atomic E-state index is 12.6. The third kappa shape index (κ3) is 5.30. The van der Waals surface area contributed by atoms with Crippen molar-refractivity contribution in [3.8, 4) is 11.1 Å². The van der Waals surface area contributed by atoms with Crippen molar-refractivity contribution >= 4 is 23.8 Å². The molecule has 0 radical (unpaired) electrons. The van der Waals surface area contributed by atoms with Gasteiger partial charge in [0.05, 0.1) is 0 Å². The number of carbonyl (C=O) groups excluding carboxylic acids is 2. The van der Waals surface area contributed by atoms with Crippen LogP contribution in [0.3, 0.4) is 0 Å². The van der Waals surface area contributed by atoms with Crippen LogP contribution >= 0.6 is 0 Å². The number of nitrogens with zero attached hydrogens (tertiary/aromatic N) is 3. The molecule has 182 valence electrons. The number of amides is 2. The second kappa shape index (κ2) is 10.3. The molecule has 0 saturated carbocycles. The number of rotatable bonds is 9. The van der Waals surface area contributed by atoms with Crippen LogP contribution in [0.1, 0.15) is 34.0 Å². The van der Waals surface area contributed by atoms with Crippen molar-refractivity contribution in [3.63, 3.8) is 0 Å². The number of fused-ring (bicyclic) bond motifs is 3. The van der Waals surface area contributed by atoms with Crippen LogP contribution in [0.5, 0.6) is 0 Å². The topological polar surface area (TPSA) is 147 Å². The molecule has 0 bridgehead atoms. The summed E-state index contributed by atoms with van der Waals surface area (Å²) in [5, 5.41) is 21.1. The summed E-state index contributed by atoms with van der Waals surface area (Å²) in [6, 6.07) is 14.7. The van der Waals surface area contributed by atoms with Crippen molar-refractivity contribution in [2.75, 3.05) is 32.6 Å². The molecule has 3 aromatic rings. The minimum Gasteiger partial charge on any atom is -0.480 e. The highest BCUT2D eigenvalue weighted by atomic mass is 16.6. The number of carboxylic acid groups (broad SMARTS) is 1. The average molecular weight is 479 g/mol. The van der Waals surface area contributed by atoms with Crippen molar-refractivity contribution in [1.82, 2.24) is 20.5 Å². The van der Waals surface area contributed by atoms with Crippen LogP contribution in [0, 0.1) is 0 Å². The molecule has 2 amide bonds. The van der Waals surface area contributed by atoms with Crippen molar-refractivity contribution in [2.45, 2.75) is 18.4 Å². The lowest BCUT2D eigenvalue weighted by molar-refractivity contribution is -0.139. The summed E-state index contributed by atoms with van der Waals surface area (Å²) in [5.74, 6) is -2.44. The van der Waals surface area contributed by atoms with Gasteiger partial charge < -0.3 is 20.1 Å². The van der Waals surface area contributed by atoms with E-state index in [-0.39, 0.29) is 30.5 Å². The first-order valence-corrected chi connectivity index (χ1v) is 11.0. The van der Waals surface area contributed by atoms with Crippen molar-refractivity contribution in [3.05, 3.63) is 65.4 Å². The maximum atomic E-state index is 12.6. The molecule has 35 heavy (non-hydrogen) atoms. The smallest absolute Gasteiger partial charge is 0.412 e. The summed E-state index contributed by atoms with van der Waals surface area (Å²) < 4.78 is 10.0. The number of benzene rings is 2. The van der Waals surface area contributed by atoms with Gasteiger partial charge in [-0.25, -0.2) is 14.2 Å². The Morgan fingerprint density at radius 1 is 1.06 bits per heavy atom. The number of aromatic nitrogens is 2. The Bertz CT molecular complexity index is 1190. The monoisotopic (exact) mass is 479 g/mol. The molecule has 1 aromatic heterocycles. The fraction of sp³-hybridized carbons (Fsp3) is 0.292. The largest absolute Gasteiger partial charge is 0.480 e. The Morgan fingerprint density at radius 2 is 1.69 bits per heavy atom. The third-order valence-electron chi connectivity index (χ3n) is 5.74. The molecule has 11 heteroatoms. The van der Waals surface area contributed by atoms with Gasteiger partial charge in [0.1, 0.15) is 12.6 Å². The Morgan fingerprint density at radius 3 is 2.29 bits per heavy atom. The van der Waals surface area contributed by atoms with E-state index in [9.17, 15) is 19.5 Å². The fourth-order valence-electron chi connectivity index (χ4n) is 4.02. The predicted octanol–water partition coefficient (Wildman–Crippen LogP) is 2.57. The van der Waals surface area contributed by atoms with Gasteiger partial charge in [-0.15, -0.1) is 0 Å². The van der Waals surface area contributed by atoms with Gasteiger partial charge in [0, 0.05) is 12.5 Å². The number of nitrogens with one attached hydrogen (secondary N) is 2. The van der Waals surface area contributed by atoms with E-state index in [1.165, 1.54) is 0 Å². The quantitative estimate of drug-likeness (QED) is 0.421. The van der Waals surface area contributed by atoms with Crippen LogP contribution in [0.15, 0.2) is 53.2 Å². The molecule has 0 aliphatic heterocycles. The first-order valence-electron chi connectivity index (χ1n) is 11.0. The van der Waals surface area contributed by atoms with Gasteiger partial charge in [-0.1, -0.05) is 48.5 Å². The minimum absolute atomic E-state index is 0.0678. The molecule has 0 saturated heterocycles. The van der Waals surface area contributed by atoms with Crippen LogP contribution in [-0.4, -0.2) is 71.6 Å². The maximum Gasteiger partial charge on any atom is 0.412 e. The van der Waals surface area contributed by atoms with Gasteiger partial charge in [0.2, 0.25) is 11.5 Å². The molecule has 11 nitrogen and oxygen atoms in total. The van der Waals surface area contributed by atoms with E-state index in [1.54, 1.807) is 19.0 Å². The molecular formula is C24H25N5O6. The minimum atomic E-state index is -1.19. The number of carboxylic acids is 1. The highest BCUT2D eigenvalue weighted by Gasteiger charge is 2.30. The summed E-state index contributed by atoms with van der Waals surface area (Å²) in [7, 11) is 3.58. The number of hydrogen-bond acceptors (Lipinski definition) is 8. The molecule has 0 spiro atoms. The summed E-state index contributed by atoms with van der Waals surface area (Å²) >= 11 is 0. The van der Waals surface area contributed by atoms with Gasteiger partial charge in [0.15, 0.2) is 0 Å². The van der Waals surface area contributed by atoms with Gasteiger partial charge in [0.25, 0.3) is 5.91 Å². The average Bonchev–Trinajstić information content (AvgIpc) is 3.42. The molecule has 1 atom stereocenters. The van der Waals surface area contributed by atoms with Gasteiger partial charge in [-0.3, -0.25) is 10.1 Å². The second-order valence-electron chi connectivity index (χ2n) is 8.37. The lowest BCUT2D eigenvalue weighted by atomic mass is 9.98. The standard InChI is InChI=1S/C24H25N5O6/c1-29(2)12-11-19(23(31)32)25-22(30)20-21(28-35-27-20)26-24(33)34-13-18-16-9-5-3-7-14(16)15-8-4-6-10-17(15)18/h3-10,18-19H,11-13H2,1-2H3,(H,25,30)(H,31,32)(H,26,28,33). The molecule has 2 aromatic carbocycles. The number of anilines is 1. The van der Waals surface area contributed by atoms with Gasteiger partial charge in [-0.2, -0.15) is 0 Å². The van der Waals surface area contributed by atoms with E-state index in [0.29, 0.717) is 6.54 Å². The van der Waals surface area contributed by atoms with Crippen LogP contribution < -0.4 is 10.6 Å². The van der Waals surface area contributed by atoms with E-state index in [2.05, 4.69) is 25.6 Å². The predicted molar refractivity (Wildman–Crippen MR) is 125 cm³/mol. The lowest BCUT2D eigenvalue weighted by Gasteiger charge is -2.16. The molecule has 1 heterocycles. The van der Waals surface area contributed by atoms with Crippen LogP contribution in [0.25, 0.3) is 11.1 Å². The zero-order valence-corrected chi connectivity index (χ0v) is 19.2. The molecule has 1 unspecified atom stereocenters. The van der Waals surface area contributed by atoms with Crippen molar-refractivity contribution < 1.29 is 28.9 Å². The van der Waals surface area contributed by atoms with Crippen molar-refractivity contribution in [2.24, 2.45) is 0 Å². The number of aliphatic carboxylic acids is 1. The Kier molecular flexibility index (Phi) is 7.06. The molecule has 1 aliphatic carbocycles. The zero-order chi connectivity index (χ0) is 24.9. The third-order valence-corrected chi connectivity index (χ3v) is 5.74. The van der Waals surface area contributed by atoms with E-state index in [1.807, 2.05) is 48.5 Å². The zero-order valence-electron chi connectivity index (χ0n) is 19.2. The Balaban J connectivity index is 1.39. The molecular weight excluding hydrogens is 454 g/mol. The SMILES string of the molecule is CN(C)CCC(NC(=O)c1nonc1NC(=O)OCC1c2ccccc2-c2ccccc21)C(=O)O. The van der Waals surface area contributed by atoms with Gasteiger partial charge in [-0.05, 0) is 53.1 Å². The first kappa shape index (κ1) is 23.9. The normalized spacial score (nSPS) is 13.1. The van der Waals surface area contributed by atoms with E-state index < -0.39 is 24.0 Å². The molecule has 1 aliphatic rings. The number of carbonyl (C=O) groups is 3. The Hall–Kier alpha value is -4.25.